The van der Waals surface area contributed by atoms with E-state index in [0.29, 0.717) is 5.69 Å². The summed E-state index contributed by atoms with van der Waals surface area (Å²) in [5.74, 6) is -1.75. The molecular weight excluding hydrogens is 420 g/mol. The average Bonchev–Trinajstić information content (AvgIpc) is 3.32. The lowest BCUT2D eigenvalue weighted by Gasteiger charge is -2.19. The highest BCUT2D eigenvalue weighted by atomic mass is 16.5. The van der Waals surface area contributed by atoms with Gasteiger partial charge in [-0.25, -0.2) is 4.90 Å². The molecule has 0 spiro atoms. The third-order valence-electron chi connectivity index (χ3n) is 6.94. The van der Waals surface area contributed by atoms with Crippen molar-refractivity contribution in [2.45, 2.75) is 39.0 Å². The van der Waals surface area contributed by atoms with Crippen LogP contribution < -0.4 is 14.5 Å². The summed E-state index contributed by atoms with van der Waals surface area (Å²) in [5, 5.41) is 0. The normalized spacial score (nSPS) is 24.9. The maximum Gasteiger partial charge on any atom is 0.316 e. The largest absolute Gasteiger partial charge is 0.426 e. The van der Waals surface area contributed by atoms with Gasteiger partial charge in [0.1, 0.15) is 5.75 Å². The molecule has 33 heavy (non-hydrogen) atoms. The van der Waals surface area contributed by atoms with Crippen LogP contribution in [-0.2, 0) is 19.2 Å². The highest BCUT2D eigenvalue weighted by molar-refractivity contribution is 6.22. The number of ether oxygens (including phenoxy) is 1. The number of nitrogens with zero attached hydrogens (tertiary/aromatic N) is 2. The summed E-state index contributed by atoms with van der Waals surface area (Å²) in [5.41, 5.74) is 2.28. The van der Waals surface area contributed by atoms with Crippen LogP contribution in [0.1, 0.15) is 37.7 Å². The standard InChI is InChI=1S/C26H26N2O5/c1-16-9-11-18(12-10-16)27-15-17(13-23(27)29)26(32)33-20-6-4-5-19(14-20)28-24(30)21-7-2-3-8-22(21)25(28)31/h4-6,9-12,14,17,21-22H,2-3,7-8,13,15H2,1H3/t17-,21-,22+/m0/s1. The number of aryl methyl sites for hydroxylation is 1. The van der Waals surface area contributed by atoms with E-state index in [1.54, 1.807) is 29.2 Å². The van der Waals surface area contributed by atoms with E-state index >= 15 is 0 Å². The lowest BCUT2D eigenvalue weighted by Crippen LogP contribution is -2.31. The summed E-state index contributed by atoms with van der Waals surface area (Å²) in [6.45, 7) is 2.23. The Morgan fingerprint density at radius 1 is 0.909 bits per heavy atom. The number of rotatable bonds is 4. The highest BCUT2D eigenvalue weighted by Gasteiger charge is 2.48. The summed E-state index contributed by atoms with van der Waals surface area (Å²) in [7, 11) is 0. The molecule has 0 N–H and O–H groups in total. The first-order valence-electron chi connectivity index (χ1n) is 11.5. The molecule has 0 aromatic heterocycles. The lowest BCUT2D eigenvalue weighted by atomic mass is 9.81. The summed E-state index contributed by atoms with van der Waals surface area (Å²) in [4.78, 5) is 53.9. The molecule has 2 aromatic carbocycles. The number of benzene rings is 2. The molecule has 1 saturated carbocycles. The zero-order valence-electron chi connectivity index (χ0n) is 18.5. The number of anilines is 2. The molecule has 3 fully saturated rings. The number of hydrogen-bond acceptors (Lipinski definition) is 5. The summed E-state index contributed by atoms with van der Waals surface area (Å²) < 4.78 is 5.57. The predicted octanol–water partition coefficient (Wildman–Crippen LogP) is 3.63. The molecule has 5 rings (SSSR count). The van der Waals surface area contributed by atoms with Gasteiger partial charge in [-0.3, -0.25) is 19.2 Å². The molecule has 2 heterocycles. The van der Waals surface area contributed by atoms with Crippen molar-refractivity contribution < 1.29 is 23.9 Å². The fourth-order valence-electron chi connectivity index (χ4n) is 5.14. The SMILES string of the molecule is Cc1ccc(N2C[C@@H](C(=O)Oc3cccc(N4C(=O)[C@H]5CCCC[C@H]5C4=O)c3)CC2=O)cc1. The number of imide groups is 1. The maximum absolute atomic E-state index is 12.9. The topological polar surface area (TPSA) is 84.0 Å². The van der Waals surface area contributed by atoms with Gasteiger partial charge in [0.25, 0.3) is 0 Å². The molecule has 0 unspecified atom stereocenters. The monoisotopic (exact) mass is 446 g/mol. The van der Waals surface area contributed by atoms with Crippen LogP contribution in [0.3, 0.4) is 0 Å². The van der Waals surface area contributed by atoms with Gasteiger partial charge in [0.2, 0.25) is 17.7 Å². The number of amides is 3. The third kappa shape index (κ3) is 3.92. The number of carbonyl (C=O) groups is 4. The van der Waals surface area contributed by atoms with Crippen LogP contribution in [0.2, 0.25) is 0 Å². The number of hydrogen-bond donors (Lipinski definition) is 0. The summed E-state index contributed by atoms with van der Waals surface area (Å²) >= 11 is 0. The molecule has 2 aliphatic heterocycles. The summed E-state index contributed by atoms with van der Waals surface area (Å²) in [6.07, 6.45) is 3.50. The second-order valence-corrected chi connectivity index (χ2v) is 9.17. The van der Waals surface area contributed by atoms with Crippen molar-refractivity contribution in [3.05, 3.63) is 54.1 Å². The molecule has 3 atom stereocenters. The van der Waals surface area contributed by atoms with Gasteiger partial charge in [0, 0.05) is 24.7 Å². The van der Waals surface area contributed by atoms with Crippen LogP contribution >= 0.6 is 0 Å². The zero-order chi connectivity index (χ0) is 23.1. The fraction of sp³-hybridized carbons (Fsp3) is 0.385. The van der Waals surface area contributed by atoms with Gasteiger partial charge in [0.15, 0.2) is 0 Å². The number of carbonyl (C=O) groups excluding carboxylic acids is 4. The summed E-state index contributed by atoms with van der Waals surface area (Å²) in [6, 6.07) is 14.1. The van der Waals surface area contributed by atoms with E-state index < -0.39 is 11.9 Å². The van der Waals surface area contributed by atoms with Gasteiger partial charge in [-0.1, -0.05) is 36.6 Å². The van der Waals surface area contributed by atoms with Gasteiger partial charge < -0.3 is 9.64 Å². The Balaban J connectivity index is 1.29. The smallest absolute Gasteiger partial charge is 0.316 e. The molecule has 0 radical (unpaired) electrons. The van der Waals surface area contributed by atoms with Crippen LogP contribution in [-0.4, -0.2) is 30.2 Å². The molecule has 3 amide bonds. The van der Waals surface area contributed by atoms with E-state index in [0.717, 1.165) is 36.9 Å². The minimum Gasteiger partial charge on any atom is -0.426 e. The van der Waals surface area contributed by atoms with E-state index in [1.807, 2.05) is 31.2 Å². The lowest BCUT2D eigenvalue weighted by molar-refractivity contribution is -0.139. The van der Waals surface area contributed by atoms with Crippen LogP contribution in [0, 0.1) is 24.7 Å². The molecule has 1 aliphatic carbocycles. The molecular formula is C26H26N2O5. The quantitative estimate of drug-likeness (QED) is 0.407. The van der Waals surface area contributed by atoms with Crippen molar-refractivity contribution in [2.75, 3.05) is 16.3 Å². The van der Waals surface area contributed by atoms with Gasteiger partial charge in [0.05, 0.1) is 23.4 Å². The Hall–Kier alpha value is -3.48. The molecule has 7 nitrogen and oxygen atoms in total. The van der Waals surface area contributed by atoms with E-state index in [-0.39, 0.29) is 48.3 Å². The Labute approximate surface area is 192 Å². The first kappa shape index (κ1) is 21.4. The average molecular weight is 447 g/mol. The van der Waals surface area contributed by atoms with Crippen LogP contribution in [0.15, 0.2) is 48.5 Å². The Morgan fingerprint density at radius 3 is 2.24 bits per heavy atom. The van der Waals surface area contributed by atoms with E-state index in [4.69, 9.17) is 4.74 Å². The molecule has 7 heteroatoms. The molecule has 0 bridgehead atoms. The molecule has 3 aliphatic rings. The first-order valence-corrected chi connectivity index (χ1v) is 11.5. The predicted molar refractivity (Wildman–Crippen MR) is 122 cm³/mol. The van der Waals surface area contributed by atoms with Crippen molar-refractivity contribution in [3.63, 3.8) is 0 Å². The van der Waals surface area contributed by atoms with E-state index in [1.165, 1.54) is 4.90 Å². The first-order chi connectivity index (χ1) is 15.9. The van der Waals surface area contributed by atoms with Crippen LogP contribution in [0.4, 0.5) is 11.4 Å². The van der Waals surface area contributed by atoms with Crippen LogP contribution in [0.5, 0.6) is 5.75 Å². The van der Waals surface area contributed by atoms with Gasteiger partial charge in [-0.15, -0.1) is 0 Å². The van der Waals surface area contributed by atoms with Crippen molar-refractivity contribution in [1.82, 2.24) is 0 Å². The van der Waals surface area contributed by atoms with Crippen molar-refractivity contribution >= 4 is 35.1 Å². The van der Waals surface area contributed by atoms with E-state index in [2.05, 4.69) is 0 Å². The molecule has 170 valence electrons. The van der Waals surface area contributed by atoms with Crippen molar-refractivity contribution in [1.29, 1.82) is 0 Å². The Morgan fingerprint density at radius 2 is 1.58 bits per heavy atom. The maximum atomic E-state index is 12.9. The zero-order valence-corrected chi connectivity index (χ0v) is 18.5. The van der Waals surface area contributed by atoms with Gasteiger partial charge in [-0.05, 0) is 44.0 Å². The van der Waals surface area contributed by atoms with Gasteiger partial charge >= 0.3 is 5.97 Å². The third-order valence-corrected chi connectivity index (χ3v) is 6.94. The highest BCUT2D eigenvalue weighted by Crippen LogP contribution is 2.40. The van der Waals surface area contributed by atoms with Crippen molar-refractivity contribution in [3.8, 4) is 5.75 Å². The van der Waals surface area contributed by atoms with E-state index in [9.17, 15) is 19.2 Å². The Kier molecular flexibility index (Phi) is 5.48. The number of esters is 1. The van der Waals surface area contributed by atoms with Crippen molar-refractivity contribution in [2.24, 2.45) is 17.8 Å². The minimum absolute atomic E-state index is 0.0822. The second-order valence-electron chi connectivity index (χ2n) is 9.17. The molecule has 2 saturated heterocycles. The second kappa shape index (κ2) is 8.46. The Bertz CT molecular complexity index is 1100. The minimum atomic E-state index is -0.583. The number of fused-ring (bicyclic) bond motifs is 1. The fourth-order valence-corrected chi connectivity index (χ4v) is 5.14. The van der Waals surface area contributed by atoms with Gasteiger partial charge in [-0.2, -0.15) is 0 Å². The van der Waals surface area contributed by atoms with Crippen LogP contribution in [0.25, 0.3) is 0 Å². The molecule has 2 aromatic rings.